The summed E-state index contributed by atoms with van der Waals surface area (Å²) in [6.07, 6.45) is 13.1. The van der Waals surface area contributed by atoms with Crippen LogP contribution in [-0.4, -0.2) is 38.4 Å². The van der Waals surface area contributed by atoms with Gasteiger partial charge in [-0.2, -0.15) is 0 Å². The molecule has 1 amide bonds. The predicted molar refractivity (Wildman–Crippen MR) is 91.5 cm³/mol. The Morgan fingerprint density at radius 1 is 1.12 bits per heavy atom. The van der Waals surface area contributed by atoms with E-state index < -0.39 is 0 Å². The van der Waals surface area contributed by atoms with Gasteiger partial charge in [-0.3, -0.25) is 9.78 Å². The molecule has 1 aliphatic heterocycles. The number of nitrogens with zero attached hydrogens (tertiary/aromatic N) is 4. The molecule has 4 rings (SSSR count). The SMILES string of the molecule is O=C(C1CCC1)N1CCC[C@H](c2nccn2Cc2ccncc2)C1. The van der Waals surface area contributed by atoms with Gasteiger partial charge in [0.05, 0.1) is 0 Å². The number of aromatic nitrogens is 3. The van der Waals surface area contributed by atoms with Crippen molar-refractivity contribution in [1.29, 1.82) is 0 Å². The zero-order valence-electron chi connectivity index (χ0n) is 14.0. The zero-order valence-corrected chi connectivity index (χ0v) is 14.0. The van der Waals surface area contributed by atoms with Gasteiger partial charge in [-0.05, 0) is 43.4 Å². The van der Waals surface area contributed by atoms with E-state index in [9.17, 15) is 4.79 Å². The summed E-state index contributed by atoms with van der Waals surface area (Å²) >= 11 is 0. The first-order valence-electron chi connectivity index (χ1n) is 9.00. The molecule has 0 spiro atoms. The molecule has 0 bridgehead atoms. The maximum atomic E-state index is 12.6. The third-order valence-corrected chi connectivity index (χ3v) is 5.40. The summed E-state index contributed by atoms with van der Waals surface area (Å²) in [6.45, 7) is 2.55. The number of likely N-dealkylation sites (tertiary alicyclic amines) is 1. The van der Waals surface area contributed by atoms with Gasteiger partial charge in [-0.15, -0.1) is 0 Å². The minimum absolute atomic E-state index is 0.292. The van der Waals surface area contributed by atoms with E-state index in [1.165, 1.54) is 12.0 Å². The molecule has 1 atom stereocenters. The first-order chi connectivity index (χ1) is 11.8. The number of carbonyl (C=O) groups excluding carboxylic acids is 1. The van der Waals surface area contributed by atoms with Crippen LogP contribution in [0.2, 0.25) is 0 Å². The zero-order chi connectivity index (χ0) is 16.4. The number of piperidine rings is 1. The fourth-order valence-electron chi connectivity index (χ4n) is 3.80. The maximum Gasteiger partial charge on any atom is 0.225 e. The van der Waals surface area contributed by atoms with Gasteiger partial charge in [0, 0.05) is 56.3 Å². The number of rotatable bonds is 4. The number of hydrogen-bond acceptors (Lipinski definition) is 3. The second-order valence-corrected chi connectivity index (χ2v) is 7.02. The Balaban J connectivity index is 1.47. The highest BCUT2D eigenvalue weighted by Crippen LogP contribution is 2.32. The van der Waals surface area contributed by atoms with E-state index in [1.807, 2.05) is 36.9 Å². The van der Waals surface area contributed by atoms with Gasteiger partial charge in [-0.1, -0.05) is 6.42 Å². The van der Waals surface area contributed by atoms with Crippen LogP contribution in [0.4, 0.5) is 0 Å². The lowest BCUT2D eigenvalue weighted by Gasteiger charge is -2.37. The van der Waals surface area contributed by atoms with Gasteiger partial charge >= 0.3 is 0 Å². The fraction of sp³-hybridized carbons (Fsp3) is 0.526. The molecule has 2 fully saturated rings. The van der Waals surface area contributed by atoms with Crippen molar-refractivity contribution in [2.24, 2.45) is 5.92 Å². The van der Waals surface area contributed by atoms with Crippen LogP contribution in [0.25, 0.3) is 0 Å². The molecule has 5 nitrogen and oxygen atoms in total. The molecule has 2 aromatic heterocycles. The number of hydrogen-bond donors (Lipinski definition) is 0. The van der Waals surface area contributed by atoms with Crippen LogP contribution in [-0.2, 0) is 11.3 Å². The molecule has 1 aliphatic carbocycles. The Hall–Kier alpha value is -2.17. The van der Waals surface area contributed by atoms with Crippen LogP contribution in [0.3, 0.4) is 0 Å². The molecule has 2 aromatic rings. The summed E-state index contributed by atoms with van der Waals surface area (Å²) in [4.78, 5) is 23.3. The van der Waals surface area contributed by atoms with E-state index in [-0.39, 0.29) is 0 Å². The van der Waals surface area contributed by atoms with E-state index in [1.54, 1.807) is 0 Å². The lowest BCUT2D eigenvalue weighted by molar-refractivity contribution is -0.139. The third kappa shape index (κ3) is 3.07. The van der Waals surface area contributed by atoms with Gasteiger partial charge in [0.25, 0.3) is 0 Å². The second kappa shape index (κ2) is 6.75. The Bertz CT molecular complexity index is 692. The molecule has 24 heavy (non-hydrogen) atoms. The molecule has 0 radical (unpaired) electrons. The van der Waals surface area contributed by atoms with Crippen LogP contribution in [0.5, 0.6) is 0 Å². The summed E-state index contributed by atoms with van der Waals surface area (Å²) in [6, 6.07) is 4.08. The van der Waals surface area contributed by atoms with Crippen molar-refractivity contribution >= 4 is 5.91 Å². The summed E-state index contributed by atoms with van der Waals surface area (Å²) in [5.41, 5.74) is 1.22. The molecule has 0 N–H and O–H groups in total. The van der Waals surface area contributed by atoms with E-state index in [4.69, 9.17) is 0 Å². The topological polar surface area (TPSA) is 51.0 Å². The molecule has 0 unspecified atom stereocenters. The molecule has 1 saturated heterocycles. The van der Waals surface area contributed by atoms with Crippen LogP contribution in [0.1, 0.15) is 49.4 Å². The standard InChI is InChI=1S/C19H24N4O/c24-19(16-3-1-4-16)23-11-2-5-17(14-23)18-21-10-12-22(18)13-15-6-8-20-9-7-15/h6-10,12,16-17H,1-5,11,13-14H2/t17-/m0/s1. The first-order valence-corrected chi connectivity index (χ1v) is 9.00. The number of pyridine rings is 1. The number of carbonyl (C=O) groups is 1. The van der Waals surface area contributed by atoms with Crippen molar-refractivity contribution in [3.05, 3.63) is 48.3 Å². The molecule has 1 saturated carbocycles. The lowest BCUT2D eigenvalue weighted by Crippen LogP contribution is -2.44. The summed E-state index contributed by atoms with van der Waals surface area (Å²) in [5.74, 6) is 2.12. The first kappa shape index (κ1) is 15.4. The molecule has 5 heteroatoms. The maximum absolute atomic E-state index is 12.6. The van der Waals surface area contributed by atoms with Gasteiger partial charge in [0.1, 0.15) is 5.82 Å². The highest BCUT2D eigenvalue weighted by atomic mass is 16.2. The van der Waals surface area contributed by atoms with Gasteiger partial charge in [0.15, 0.2) is 0 Å². The van der Waals surface area contributed by atoms with Gasteiger partial charge in [0.2, 0.25) is 5.91 Å². The lowest BCUT2D eigenvalue weighted by atomic mass is 9.83. The summed E-state index contributed by atoms with van der Waals surface area (Å²) in [7, 11) is 0. The quantitative estimate of drug-likeness (QED) is 0.869. The smallest absolute Gasteiger partial charge is 0.225 e. The molecular weight excluding hydrogens is 300 g/mol. The number of imidazole rings is 1. The third-order valence-electron chi connectivity index (χ3n) is 5.40. The van der Waals surface area contributed by atoms with Gasteiger partial charge in [-0.25, -0.2) is 4.98 Å². The van der Waals surface area contributed by atoms with E-state index >= 15 is 0 Å². The Morgan fingerprint density at radius 3 is 2.71 bits per heavy atom. The second-order valence-electron chi connectivity index (χ2n) is 7.02. The van der Waals surface area contributed by atoms with E-state index in [0.29, 0.717) is 17.7 Å². The molecule has 2 aliphatic rings. The van der Waals surface area contributed by atoms with E-state index in [0.717, 1.165) is 51.1 Å². The molecular formula is C19H24N4O. The molecule has 3 heterocycles. The van der Waals surface area contributed by atoms with Crippen molar-refractivity contribution < 1.29 is 4.79 Å². The predicted octanol–water partition coefficient (Wildman–Crippen LogP) is 2.83. The van der Waals surface area contributed by atoms with Crippen molar-refractivity contribution in [1.82, 2.24) is 19.4 Å². The fourth-order valence-corrected chi connectivity index (χ4v) is 3.80. The van der Waals surface area contributed by atoms with Crippen molar-refractivity contribution in [3.63, 3.8) is 0 Å². The monoisotopic (exact) mass is 324 g/mol. The minimum Gasteiger partial charge on any atom is -0.342 e. The van der Waals surface area contributed by atoms with Crippen LogP contribution < -0.4 is 0 Å². The largest absolute Gasteiger partial charge is 0.342 e. The highest BCUT2D eigenvalue weighted by Gasteiger charge is 2.33. The Morgan fingerprint density at radius 2 is 1.96 bits per heavy atom. The molecule has 0 aromatic carbocycles. The van der Waals surface area contributed by atoms with Crippen molar-refractivity contribution in [2.75, 3.05) is 13.1 Å². The van der Waals surface area contributed by atoms with Gasteiger partial charge < -0.3 is 9.47 Å². The van der Waals surface area contributed by atoms with E-state index in [2.05, 4.69) is 19.4 Å². The summed E-state index contributed by atoms with van der Waals surface area (Å²) < 4.78 is 2.22. The number of amides is 1. The van der Waals surface area contributed by atoms with Crippen molar-refractivity contribution in [2.45, 2.75) is 44.6 Å². The van der Waals surface area contributed by atoms with Crippen LogP contribution in [0, 0.1) is 5.92 Å². The average Bonchev–Trinajstić information content (AvgIpc) is 3.02. The normalized spacial score (nSPS) is 21.5. The summed E-state index contributed by atoms with van der Waals surface area (Å²) in [5, 5.41) is 0. The Kier molecular flexibility index (Phi) is 4.32. The highest BCUT2D eigenvalue weighted by molar-refractivity contribution is 5.79. The van der Waals surface area contributed by atoms with Crippen LogP contribution in [0.15, 0.2) is 36.9 Å². The van der Waals surface area contributed by atoms with Crippen molar-refractivity contribution in [3.8, 4) is 0 Å². The average molecular weight is 324 g/mol. The Labute approximate surface area is 142 Å². The minimum atomic E-state index is 0.292. The molecule has 126 valence electrons. The van der Waals surface area contributed by atoms with Crippen LogP contribution >= 0.6 is 0 Å².